The zero-order valence-corrected chi connectivity index (χ0v) is 15.0. The van der Waals surface area contributed by atoms with Crippen LogP contribution in [0.15, 0.2) is 51.9 Å². The van der Waals surface area contributed by atoms with Crippen molar-refractivity contribution in [3.05, 3.63) is 63.0 Å². The second-order valence-electron chi connectivity index (χ2n) is 5.91. The molecule has 6 heteroatoms. The summed E-state index contributed by atoms with van der Waals surface area (Å²) >= 11 is 3.34. The Balaban J connectivity index is 1.74. The first-order chi connectivity index (χ1) is 11.6. The van der Waals surface area contributed by atoms with Crippen LogP contribution in [0.5, 0.6) is 5.75 Å². The van der Waals surface area contributed by atoms with Crippen molar-refractivity contribution in [3.63, 3.8) is 0 Å². The zero-order chi connectivity index (χ0) is 17.1. The van der Waals surface area contributed by atoms with Gasteiger partial charge in [-0.2, -0.15) is 0 Å². The highest BCUT2D eigenvalue weighted by Gasteiger charge is 2.32. The lowest BCUT2D eigenvalue weighted by Gasteiger charge is -2.23. The molecule has 24 heavy (non-hydrogen) atoms. The van der Waals surface area contributed by atoms with Crippen molar-refractivity contribution in [3.8, 4) is 5.75 Å². The first kappa shape index (κ1) is 16.8. The van der Waals surface area contributed by atoms with Crippen LogP contribution in [0.2, 0.25) is 0 Å². The monoisotopic (exact) mass is 390 g/mol. The van der Waals surface area contributed by atoms with Gasteiger partial charge in [-0.25, -0.2) is 0 Å². The first-order valence-electron chi connectivity index (χ1n) is 7.85. The van der Waals surface area contributed by atoms with Crippen LogP contribution in [0, 0.1) is 0 Å². The van der Waals surface area contributed by atoms with Gasteiger partial charge in [-0.3, -0.25) is 9.59 Å². The van der Waals surface area contributed by atoms with Gasteiger partial charge >= 0.3 is 0 Å². The summed E-state index contributed by atoms with van der Waals surface area (Å²) in [6.07, 6.45) is 3.70. The minimum atomic E-state index is -0.174. The number of benzene rings is 1. The van der Waals surface area contributed by atoms with Crippen molar-refractivity contribution in [2.24, 2.45) is 0 Å². The van der Waals surface area contributed by atoms with Gasteiger partial charge in [-0.15, -0.1) is 0 Å². The first-order valence-corrected chi connectivity index (χ1v) is 8.64. The summed E-state index contributed by atoms with van der Waals surface area (Å²) in [4.78, 5) is 26.5. The van der Waals surface area contributed by atoms with Crippen LogP contribution in [0.25, 0.3) is 0 Å². The third kappa shape index (κ3) is 4.06. The van der Waals surface area contributed by atoms with E-state index in [1.807, 2.05) is 29.2 Å². The fourth-order valence-corrected chi connectivity index (χ4v) is 2.98. The Kier molecular flexibility index (Phi) is 5.04. The Morgan fingerprint density at radius 3 is 2.58 bits per heavy atom. The molecule has 0 N–H and O–H groups in total. The lowest BCUT2D eigenvalue weighted by molar-refractivity contribution is -0.133. The molecule has 1 saturated carbocycles. The smallest absolute Gasteiger partial charge is 0.251 e. The van der Waals surface area contributed by atoms with Crippen LogP contribution in [-0.4, -0.2) is 28.5 Å². The molecule has 0 atom stereocenters. The van der Waals surface area contributed by atoms with Gasteiger partial charge in [0.05, 0.1) is 7.11 Å². The molecule has 1 aliphatic rings. The van der Waals surface area contributed by atoms with Crippen molar-refractivity contribution in [2.45, 2.75) is 32.0 Å². The van der Waals surface area contributed by atoms with Gasteiger partial charge in [0.1, 0.15) is 12.3 Å². The van der Waals surface area contributed by atoms with E-state index in [0.29, 0.717) is 6.54 Å². The van der Waals surface area contributed by atoms with Crippen LogP contribution in [-0.2, 0) is 17.9 Å². The van der Waals surface area contributed by atoms with E-state index < -0.39 is 0 Å². The van der Waals surface area contributed by atoms with Crippen molar-refractivity contribution in [2.75, 3.05) is 7.11 Å². The lowest BCUT2D eigenvalue weighted by atomic mass is 10.2. The Bertz CT molecular complexity index is 782. The molecular weight excluding hydrogens is 372 g/mol. The van der Waals surface area contributed by atoms with E-state index in [2.05, 4.69) is 15.9 Å². The molecule has 1 aromatic heterocycles. The molecule has 1 fully saturated rings. The van der Waals surface area contributed by atoms with Gasteiger partial charge in [0.15, 0.2) is 0 Å². The van der Waals surface area contributed by atoms with Gasteiger partial charge in [-0.05, 0) is 52.5 Å². The molecule has 0 aliphatic heterocycles. The number of pyridine rings is 1. The van der Waals surface area contributed by atoms with E-state index in [4.69, 9.17) is 4.74 Å². The number of rotatable bonds is 6. The third-order valence-electron chi connectivity index (χ3n) is 4.07. The van der Waals surface area contributed by atoms with Gasteiger partial charge < -0.3 is 14.2 Å². The summed E-state index contributed by atoms with van der Waals surface area (Å²) in [6.45, 7) is 0.612. The van der Waals surface area contributed by atoms with Crippen molar-refractivity contribution < 1.29 is 9.53 Å². The van der Waals surface area contributed by atoms with Crippen LogP contribution >= 0.6 is 15.9 Å². The van der Waals surface area contributed by atoms with E-state index in [9.17, 15) is 9.59 Å². The maximum Gasteiger partial charge on any atom is 0.251 e. The number of halogens is 1. The van der Waals surface area contributed by atoms with Gasteiger partial charge in [0.25, 0.3) is 5.56 Å². The molecule has 0 bridgehead atoms. The summed E-state index contributed by atoms with van der Waals surface area (Å²) in [5, 5.41) is 0. The summed E-state index contributed by atoms with van der Waals surface area (Å²) in [7, 11) is 1.63. The Hall–Kier alpha value is -2.08. The SMILES string of the molecule is COc1ccc(CN(C(=O)Cn2cc(Br)ccc2=O)C2CC2)cc1. The van der Waals surface area contributed by atoms with E-state index >= 15 is 0 Å². The normalized spacial score (nSPS) is 13.6. The summed E-state index contributed by atoms with van der Waals surface area (Å²) in [5.74, 6) is 0.761. The molecule has 1 amide bonds. The molecule has 1 aliphatic carbocycles. The van der Waals surface area contributed by atoms with Gasteiger partial charge in [0.2, 0.25) is 5.91 Å². The average Bonchev–Trinajstić information content (AvgIpc) is 3.41. The highest BCUT2D eigenvalue weighted by molar-refractivity contribution is 9.10. The second kappa shape index (κ2) is 7.21. The van der Waals surface area contributed by atoms with E-state index in [1.54, 1.807) is 19.4 Å². The minimum Gasteiger partial charge on any atom is -0.497 e. The van der Waals surface area contributed by atoms with Crippen LogP contribution < -0.4 is 10.3 Å². The lowest BCUT2D eigenvalue weighted by Crippen LogP contribution is -2.37. The second-order valence-corrected chi connectivity index (χ2v) is 6.83. The molecule has 1 aromatic carbocycles. The van der Waals surface area contributed by atoms with E-state index in [0.717, 1.165) is 28.6 Å². The number of hydrogen-bond acceptors (Lipinski definition) is 3. The molecular formula is C18H19BrN2O3. The number of carbonyl (C=O) groups excluding carboxylic acids is 1. The summed E-state index contributed by atoms with van der Waals surface area (Å²) < 4.78 is 7.38. The standard InChI is InChI=1S/C18H19BrN2O3/c1-24-16-7-2-13(3-8-16)10-21(15-5-6-15)18(23)12-20-11-14(19)4-9-17(20)22/h2-4,7-9,11,15H,5-6,10,12H2,1H3. The quantitative estimate of drug-likeness (QED) is 0.761. The number of amides is 1. The predicted molar refractivity (Wildman–Crippen MR) is 95.0 cm³/mol. The van der Waals surface area contributed by atoms with E-state index in [1.165, 1.54) is 10.6 Å². The van der Waals surface area contributed by atoms with Crippen molar-refractivity contribution >= 4 is 21.8 Å². The van der Waals surface area contributed by atoms with Crippen LogP contribution in [0.1, 0.15) is 18.4 Å². The molecule has 126 valence electrons. The zero-order valence-electron chi connectivity index (χ0n) is 13.4. The fraction of sp³-hybridized carbons (Fsp3) is 0.333. The number of methoxy groups -OCH3 is 1. The number of ether oxygens (including phenoxy) is 1. The molecule has 0 unspecified atom stereocenters. The van der Waals surface area contributed by atoms with Gasteiger partial charge in [0, 0.05) is 29.3 Å². The van der Waals surface area contributed by atoms with Crippen molar-refractivity contribution in [1.82, 2.24) is 9.47 Å². The number of carbonyl (C=O) groups is 1. The minimum absolute atomic E-state index is 0.0338. The Labute approximate surface area is 149 Å². The average molecular weight is 391 g/mol. The number of nitrogens with zero attached hydrogens (tertiary/aromatic N) is 2. The summed E-state index contributed by atoms with van der Waals surface area (Å²) in [6, 6.07) is 11.1. The highest BCUT2D eigenvalue weighted by Crippen LogP contribution is 2.29. The highest BCUT2D eigenvalue weighted by atomic mass is 79.9. The molecule has 5 nitrogen and oxygen atoms in total. The maximum atomic E-state index is 12.7. The maximum absolute atomic E-state index is 12.7. The molecule has 2 aromatic rings. The largest absolute Gasteiger partial charge is 0.497 e. The summed E-state index contributed by atoms with van der Waals surface area (Å²) in [5.41, 5.74) is 0.879. The third-order valence-corrected chi connectivity index (χ3v) is 4.54. The molecule has 0 saturated heterocycles. The fourth-order valence-electron chi connectivity index (χ4n) is 2.60. The van der Waals surface area contributed by atoms with Gasteiger partial charge in [-0.1, -0.05) is 12.1 Å². The predicted octanol–water partition coefficient (Wildman–Crippen LogP) is 2.81. The van der Waals surface area contributed by atoms with E-state index in [-0.39, 0.29) is 24.1 Å². The number of aromatic nitrogens is 1. The van der Waals surface area contributed by atoms with Crippen LogP contribution in [0.3, 0.4) is 0 Å². The van der Waals surface area contributed by atoms with Crippen LogP contribution in [0.4, 0.5) is 0 Å². The Morgan fingerprint density at radius 1 is 1.25 bits per heavy atom. The molecule has 3 rings (SSSR count). The van der Waals surface area contributed by atoms with Crippen molar-refractivity contribution in [1.29, 1.82) is 0 Å². The topological polar surface area (TPSA) is 51.5 Å². The number of hydrogen-bond donors (Lipinski definition) is 0. The Morgan fingerprint density at radius 2 is 1.96 bits per heavy atom. The molecule has 0 spiro atoms. The molecule has 0 radical (unpaired) electrons. The molecule has 1 heterocycles.